The van der Waals surface area contributed by atoms with E-state index in [1.807, 2.05) is 10.9 Å². The molecular weight excluding hydrogens is 272 g/mol. The van der Waals surface area contributed by atoms with Crippen molar-refractivity contribution in [3.8, 4) is 0 Å². The van der Waals surface area contributed by atoms with Gasteiger partial charge in [-0.25, -0.2) is 0 Å². The monoisotopic (exact) mass is 298 g/mol. The highest BCUT2D eigenvalue weighted by Crippen LogP contribution is 2.27. The Labute approximate surface area is 132 Å². The van der Waals surface area contributed by atoms with E-state index < -0.39 is 0 Å². The number of likely N-dealkylation sites (tertiary alicyclic amines) is 1. The van der Waals surface area contributed by atoms with E-state index in [9.17, 15) is 0 Å². The molecule has 2 N–H and O–H groups in total. The first kappa shape index (κ1) is 15.3. The molecule has 0 bridgehead atoms. The largest absolute Gasteiger partial charge is 0.326 e. The summed E-state index contributed by atoms with van der Waals surface area (Å²) in [5, 5.41) is 4.48. The Morgan fingerprint density at radius 2 is 1.91 bits per heavy atom. The Balaban J connectivity index is 1.66. The Morgan fingerprint density at radius 3 is 2.55 bits per heavy atom. The summed E-state index contributed by atoms with van der Waals surface area (Å²) in [7, 11) is 0. The lowest BCUT2D eigenvalue weighted by Crippen LogP contribution is -2.28. The van der Waals surface area contributed by atoms with E-state index in [1.165, 1.54) is 11.1 Å². The fraction of sp³-hybridized carbons (Fsp3) is 0.500. The van der Waals surface area contributed by atoms with Gasteiger partial charge < -0.3 is 5.73 Å². The first-order chi connectivity index (χ1) is 10.4. The number of nitrogens with two attached hydrogens (primary N) is 1. The van der Waals surface area contributed by atoms with Gasteiger partial charge in [0.1, 0.15) is 0 Å². The van der Waals surface area contributed by atoms with Crippen molar-refractivity contribution in [1.29, 1.82) is 0 Å². The topological polar surface area (TPSA) is 47.1 Å². The first-order valence-corrected chi connectivity index (χ1v) is 8.00. The van der Waals surface area contributed by atoms with Crippen LogP contribution in [0.2, 0.25) is 0 Å². The Morgan fingerprint density at radius 1 is 1.18 bits per heavy atom. The molecule has 0 radical (unpaired) electrons. The van der Waals surface area contributed by atoms with Gasteiger partial charge in [-0.2, -0.15) is 5.10 Å². The van der Waals surface area contributed by atoms with Crippen molar-refractivity contribution in [3.05, 3.63) is 53.9 Å². The van der Waals surface area contributed by atoms with Crippen LogP contribution in [0, 0.1) is 0 Å². The predicted octanol–water partition coefficient (Wildman–Crippen LogP) is 2.56. The molecule has 1 aliphatic rings. The highest BCUT2D eigenvalue weighted by atomic mass is 15.3. The third-order valence-electron chi connectivity index (χ3n) is 4.40. The summed E-state index contributed by atoms with van der Waals surface area (Å²) in [5.41, 5.74) is 9.01. The lowest BCUT2D eigenvalue weighted by Gasteiger charge is -2.19. The number of benzene rings is 1. The molecule has 0 amide bonds. The van der Waals surface area contributed by atoms with Crippen molar-refractivity contribution in [2.45, 2.75) is 44.8 Å². The van der Waals surface area contributed by atoms with Crippen LogP contribution in [0.4, 0.5) is 0 Å². The molecule has 2 heterocycles. The van der Waals surface area contributed by atoms with Gasteiger partial charge in [-0.1, -0.05) is 30.3 Å². The van der Waals surface area contributed by atoms with Crippen LogP contribution in [0.3, 0.4) is 0 Å². The number of nitrogens with zero attached hydrogens (tertiary/aromatic N) is 3. The van der Waals surface area contributed by atoms with E-state index in [-0.39, 0.29) is 11.6 Å². The van der Waals surface area contributed by atoms with Gasteiger partial charge >= 0.3 is 0 Å². The standard InChI is InChI=1S/C18H26N4/c1-18(2,3)22-11-14(9-20-22)10-21-12-16(17(19)13-21)15-7-5-4-6-8-15/h4-9,11,16-17H,10,12-13,19H2,1-3H3/t16-,17+/m0/s1. The fourth-order valence-electron chi connectivity index (χ4n) is 3.16. The zero-order valence-electron chi connectivity index (χ0n) is 13.7. The number of hydrogen-bond acceptors (Lipinski definition) is 3. The van der Waals surface area contributed by atoms with E-state index in [1.54, 1.807) is 0 Å². The summed E-state index contributed by atoms with van der Waals surface area (Å²) < 4.78 is 2.03. The van der Waals surface area contributed by atoms with E-state index in [2.05, 4.69) is 67.3 Å². The highest BCUT2D eigenvalue weighted by molar-refractivity contribution is 5.23. The first-order valence-electron chi connectivity index (χ1n) is 8.00. The smallest absolute Gasteiger partial charge is 0.0543 e. The maximum absolute atomic E-state index is 6.37. The van der Waals surface area contributed by atoms with E-state index >= 15 is 0 Å². The van der Waals surface area contributed by atoms with E-state index in [4.69, 9.17) is 5.73 Å². The van der Waals surface area contributed by atoms with Crippen LogP contribution in [0.1, 0.15) is 37.8 Å². The predicted molar refractivity (Wildman–Crippen MR) is 89.7 cm³/mol. The Hall–Kier alpha value is -1.65. The lowest BCUT2D eigenvalue weighted by atomic mass is 9.95. The van der Waals surface area contributed by atoms with Crippen LogP contribution < -0.4 is 5.73 Å². The summed E-state index contributed by atoms with van der Waals surface area (Å²) in [5.74, 6) is 0.430. The van der Waals surface area contributed by atoms with Crippen LogP contribution in [0.15, 0.2) is 42.7 Å². The average Bonchev–Trinajstić information content (AvgIpc) is 3.07. The van der Waals surface area contributed by atoms with Gasteiger partial charge in [0.2, 0.25) is 0 Å². The molecule has 1 aliphatic heterocycles. The zero-order chi connectivity index (χ0) is 15.7. The Kier molecular flexibility index (Phi) is 4.06. The maximum atomic E-state index is 6.37. The average molecular weight is 298 g/mol. The summed E-state index contributed by atoms with van der Waals surface area (Å²) in [6.07, 6.45) is 4.13. The summed E-state index contributed by atoms with van der Waals surface area (Å²) in [4.78, 5) is 2.44. The molecule has 22 heavy (non-hydrogen) atoms. The normalized spacial score (nSPS) is 23.1. The van der Waals surface area contributed by atoms with Crippen LogP contribution in [-0.4, -0.2) is 33.8 Å². The third-order valence-corrected chi connectivity index (χ3v) is 4.40. The van der Waals surface area contributed by atoms with Gasteiger partial charge in [0, 0.05) is 43.4 Å². The molecule has 0 saturated carbocycles. The van der Waals surface area contributed by atoms with Crippen molar-refractivity contribution in [2.24, 2.45) is 5.73 Å². The van der Waals surface area contributed by atoms with Crippen LogP contribution in [0.25, 0.3) is 0 Å². The highest BCUT2D eigenvalue weighted by Gasteiger charge is 2.31. The summed E-state index contributed by atoms with van der Waals surface area (Å²) in [6.45, 7) is 9.39. The molecule has 1 saturated heterocycles. The van der Waals surface area contributed by atoms with Gasteiger partial charge in [0.05, 0.1) is 11.7 Å². The molecule has 1 aromatic heterocycles. The van der Waals surface area contributed by atoms with Gasteiger partial charge in [-0.15, -0.1) is 0 Å². The van der Waals surface area contributed by atoms with Gasteiger partial charge in [0.15, 0.2) is 0 Å². The molecule has 0 aliphatic carbocycles. The summed E-state index contributed by atoms with van der Waals surface area (Å²) in [6, 6.07) is 10.8. The van der Waals surface area contributed by atoms with Crippen LogP contribution >= 0.6 is 0 Å². The fourth-order valence-corrected chi connectivity index (χ4v) is 3.16. The second-order valence-electron chi connectivity index (χ2n) is 7.34. The molecule has 4 nitrogen and oxygen atoms in total. The molecule has 2 atom stereocenters. The maximum Gasteiger partial charge on any atom is 0.0543 e. The molecule has 1 aromatic carbocycles. The Bertz CT molecular complexity index is 612. The number of hydrogen-bond donors (Lipinski definition) is 1. The second kappa shape index (κ2) is 5.86. The molecule has 4 heteroatoms. The zero-order valence-corrected chi connectivity index (χ0v) is 13.7. The van der Waals surface area contributed by atoms with Crippen molar-refractivity contribution < 1.29 is 0 Å². The lowest BCUT2D eigenvalue weighted by molar-refractivity contribution is 0.322. The minimum atomic E-state index is 0.0340. The quantitative estimate of drug-likeness (QED) is 0.947. The number of rotatable bonds is 3. The van der Waals surface area contributed by atoms with Crippen molar-refractivity contribution in [2.75, 3.05) is 13.1 Å². The van der Waals surface area contributed by atoms with Gasteiger partial charge in [0.25, 0.3) is 0 Å². The van der Waals surface area contributed by atoms with Crippen molar-refractivity contribution >= 4 is 0 Å². The molecule has 0 unspecified atom stereocenters. The van der Waals surface area contributed by atoms with Gasteiger partial charge in [-0.3, -0.25) is 9.58 Å². The second-order valence-corrected chi connectivity index (χ2v) is 7.34. The minimum Gasteiger partial charge on any atom is -0.326 e. The van der Waals surface area contributed by atoms with Crippen LogP contribution in [-0.2, 0) is 12.1 Å². The van der Waals surface area contributed by atoms with Crippen LogP contribution in [0.5, 0.6) is 0 Å². The molecule has 0 spiro atoms. The van der Waals surface area contributed by atoms with Gasteiger partial charge in [-0.05, 0) is 26.3 Å². The molecule has 118 valence electrons. The molecular formula is C18H26N4. The van der Waals surface area contributed by atoms with Crippen molar-refractivity contribution in [1.82, 2.24) is 14.7 Å². The summed E-state index contributed by atoms with van der Waals surface area (Å²) >= 11 is 0. The molecule has 1 fully saturated rings. The van der Waals surface area contributed by atoms with E-state index in [0.717, 1.165) is 19.6 Å². The minimum absolute atomic E-state index is 0.0340. The SMILES string of the molecule is CC(C)(C)n1cc(CN2C[C@@H](N)[C@H](c3ccccc3)C2)cn1. The number of aromatic nitrogens is 2. The molecule has 3 rings (SSSR count). The van der Waals surface area contributed by atoms with Crippen molar-refractivity contribution in [3.63, 3.8) is 0 Å². The third kappa shape index (κ3) is 3.23. The van der Waals surface area contributed by atoms with E-state index in [0.29, 0.717) is 5.92 Å². The molecule has 2 aromatic rings.